The first-order chi connectivity index (χ1) is 17.4. The zero-order valence-electron chi connectivity index (χ0n) is 22.7. The molecular weight excluding hydrogens is 444 g/mol. The van der Waals surface area contributed by atoms with Crippen molar-refractivity contribution in [2.45, 2.75) is 77.8 Å². The molecule has 2 fully saturated rings. The lowest BCUT2D eigenvalue weighted by molar-refractivity contribution is -0.130. The molecule has 6 unspecified atom stereocenters. The van der Waals surface area contributed by atoms with Crippen LogP contribution in [0.3, 0.4) is 0 Å². The van der Waals surface area contributed by atoms with Crippen molar-refractivity contribution in [2.24, 2.45) is 11.8 Å². The number of hydrogen-bond acceptors (Lipinski definition) is 5. The largest absolute Gasteiger partial charge is 0.310 e. The second kappa shape index (κ2) is 13.0. The van der Waals surface area contributed by atoms with E-state index in [1.165, 1.54) is 11.1 Å². The lowest BCUT2D eigenvalue weighted by Gasteiger charge is -2.43. The lowest BCUT2D eigenvalue weighted by Crippen LogP contribution is -2.57. The van der Waals surface area contributed by atoms with Crippen LogP contribution in [0, 0.1) is 11.8 Å². The fraction of sp³-hybridized carbons (Fsp3) is 0.581. The van der Waals surface area contributed by atoms with Crippen molar-refractivity contribution in [1.82, 2.24) is 20.4 Å². The molecule has 0 bridgehead atoms. The van der Waals surface area contributed by atoms with E-state index in [-0.39, 0.29) is 12.1 Å². The molecule has 0 aliphatic carbocycles. The van der Waals surface area contributed by atoms with Crippen LogP contribution in [-0.2, 0) is 17.9 Å². The van der Waals surface area contributed by atoms with E-state index in [9.17, 15) is 4.79 Å². The molecule has 36 heavy (non-hydrogen) atoms. The third-order valence-electron chi connectivity index (χ3n) is 8.61. The number of benzene rings is 2. The fourth-order valence-corrected chi connectivity index (χ4v) is 6.06. The maximum Gasteiger partial charge on any atom is 0.166 e. The van der Waals surface area contributed by atoms with E-state index in [4.69, 9.17) is 0 Å². The van der Waals surface area contributed by atoms with Crippen LogP contribution in [0.4, 0.5) is 0 Å². The Morgan fingerprint density at radius 3 is 1.50 bits per heavy atom. The first kappa shape index (κ1) is 27.0. The Hall–Kier alpha value is -2.05. The predicted octanol–water partition coefficient (Wildman–Crippen LogP) is 4.33. The molecule has 2 aromatic carbocycles. The summed E-state index contributed by atoms with van der Waals surface area (Å²) in [6.45, 7) is 14.7. The Labute approximate surface area is 218 Å². The number of piperidine rings is 2. The molecule has 2 aliphatic rings. The molecule has 4 rings (SSSR count). The quantitative estimate of drug-likeness (QED) is 0.519. The van der Waals surface area contributed by atoms with Crippen LogP contribution in [0.1, 0.15) is 51.7 Å². The van der Waals surface area contributed by atoms with E-state index in [0.29, 0.717) is 29.7 Å². The molecule has 2 saturated heterocycles. The molecule has 2 N–H and O–H groups in total. The van der Waals surface area contributed by atoms with E-state index in [0.717, 1.165) is 52.1 Å². The number of nitrogens with one attached hydrogen (secondary N) is 2. The van der Waals surface area contributed by atoms with Gasteiger partial charge in [-0.25, -0.2) is 0 Å². The molecule has 2 aromatic rings. The first-order valence-corrected chi connectivity index (χ1v) is 14.0. The Kier molecular flexibility index (Phi) is 9.72. The minimum absolute atomic E-state index is 0.0261. The molecular formula is C31H46N4O. The van der Waals surface area contributed by atoms with Crippen molar-refractivity contribution in [3.05, 3.63) is 71.8 Å². The number of rotatable bonds is 10. The van der Waals surface area contributed by atoms with E-state index >= 15 is 0 Å². The molecule has 0 aromatic heterocycles. The monoisotopic (exact) mass is 490 g/mol. The summed E-state index contributed by atoms with van der Waals surface area (Å²) in [5, 5.41) is 7.51. The van der Waals surface area contributed by atoms with Crippen molar-refractivity contribution in [3.8, 4) is 0 Å². The van der Waals surface area contributed by atoms with E-state index < -0.39 is 0 Å². The highest BCUT2D eigenvalue weighted by Crippen LogP contribution is 2.23. The molecule has 0 saturated carbocycles. The fourth-order valence-electron chi connectivity index (χ4n) is 6.06. The van der Waals surface area contributed by atoms with Crippen molar-refractivity contribution < 1.29 is 4.79 Å². The molecule has 2 aliphatic heterocycles. The Bertz CT molecular complexity index is 861. The SMILES string of the molecule is CC1CN(C(C)C(=O)C(C)N2CCC(NCc3ccccc3)C(C)C2)CCC1NCc1ccccc1. The zero-order chi connectivity index (χ0) is 25.5. The van der Waals surface area contributed by atoms with Gasteiger partial charge < -0.3 is 10.6 Å². The van der Waals surface area contributed by atoms with Crippen molar-refractivity contribution in [2.75, 3.05) is 26.2 Å². The molecule has 196 valence electrons. The highest BCUT2D eigenvalue weighted by Gasteiger charge is 2.36. The van der Waals surface area contributed by atoms with Gasteiger partial charge in [0.15, 0.2) is 5.78 Å². The molecule has 5 nitrogen and oxygen atoms in total. The van der Waals surface area contributed by atoms with Crippen LogP contribution in [0.25, 0.3) is 0 Å². The Morgan fingerprint density at radius 2 is 1.14 bits per heavy atom. The van der Waals surface area contributed by atoms with Crippen LogP contribution in [0.5, 0.6) is 0 Å². The van der Waals surface area contributed by atoms with Gasteiger partial charge in [-0.05, 0) is 49.7 Å². The van der Waals surface area contributed by atoms with Gasteiger partial charge in [-0.15, -0.1) is 0 Å². The van der Waals surface area contributed by atoms with Crippen LogP contribution in [0.2, 0.25) is 0 Å². The second-order valence-electron chi connectivity index (χ2n) is 11.2. The van der Waals surface area contributed by atoms with E-state index in [1.54, 1.807) is 0 Å². The number of carbonyl (C=O) groups is 1. The molecule has 0 spiro atoms. The van der Waals surface area contributed by atoms with Crippen LogP contribution in [-0.4, -0.2) is 65.9 Å². The smallest absolute Gasteiger partial charge is 0.166 e. The summed E-state index contributed by atoms with van der Waals surface area (Å²) in [4.78, 5) is 18.4. The predicted molar refractivity (Wildman–Crippen MR) is 149 cm³/mol. The Balaban J connectivity index is 1.22. The van der Waals surface area contributed by atoms with Gasteiger partial charge in [0.25, 0.3) is 0 Å². The summed E-state index contributed by atoms with van der Waals surface area (Å²) in [5.41, 5.74) is 2.66. The lowest BCUT2D eigenvalue weighted by atomic mass is 9.90. The molecule has 6 atom stereocenters. The van der Waals surface area contributed by atoms with Gasteiger partial charge in [0.1, 0.15) is 0 Å². The van der Waals surface area contributed by atoms with Gasteiger partial charge >= 0.3 is 0 Å². The highest BCUT2D eigenvalue weighted by atomic mass is 16.1. The number of Topliss-reactive ketones (excluding diaryl/α,β-unsaturated/α-hetero) is 1. The van der Waals surface area contributed by atoms with Gasteiger partial charge in [-0.2, -0.15) is 0 Å². The van der Waals surface area contributed by atoms with Crippen molar-refractivity contribution in [1.29, 1.82) is 0 Å². The summed E-state index contributed by atoms with van der Waals surface area (Å²) in [7, 11) is 0. The molecule has 0 amide bonds. The van der Waals surface area contributed by atoms with Gasteiger partial charge in [0.2, 0.25) is 0 Å². The third-order valence-corrected chi connectivity index (χ3v) is 8.61. The molecule has 0 radical (unpaired) electrons. The number of nitrogens with zero attached hydrogens (tertiary/aromatic N) is 2. The second-order valence-corrected chi connectivity index (χ2v) is 11.2. The van der Waals surface area contributed by atoms with Gasteiger partial charge in [-0.1, -0.05) is 74.5 Å². The third kappa shape index (κ3) is 7.04. The van der Waals surface area contributed by atoms with Crippen molar-refractivity contribution >= 4 is 5.78 Å². The first-order valence-electron chi connectivity index (χ1n) is 14.0. The Morgan fingerprint density at radius 1 is 0.750 bits per heavy atom. The maximum atomic E-state index is 13.5. The molecule has 5 heteroatoms. The minimum atomic E-state index is -0.0261. The normalized spacial score (nSPS) is 27.4. The topological polar surface area (TPSA) is 47.6 Å². The van der Waals surface area contributed by atoms with Crippen molar-refractivity contribution in [3.63, 3.8) is 0 Å². The number of carbonyl (C=O) groups excluding carboxylic acids is 1. The summed E-state index contributed by atoms with van der Waals surface area (Å²) in [6.07, 6.45) is 2.19. The summed E-state index contributed by atoms with van der Waals surface area (Å²) >= 11 is 0. The van der Waals surface area contributed by atoms with Crippen LogP contribution >= 0.6 is 0 Å². The number of likely N-dealkylation sites (tertiary alicyclic amines) is 2. The maximum absolute atomic E-state index is 13.5. The summed E-state index contributed by atoms with van der Waals surface area (Å²) in [6, 6.07) is 22.2. The standard InChI is InChI=1S/C31H46N4O/c1-23-21-34(17-15-29(23)32-19-27-11-7-5-8-12-27)25(3)31(36)26(4)35-18-16-30(24(2)22-35)33-20-28-13-9-6-10-14-28/h5-14,23-26,29-30,32-33H,15-22H2,1-4H3. The van der Waals surface area contributed by atoms with Gasteiger partial charge in [-0.3, -0.25) is 14.6 Å². The van der Waals surface area contributed by atoms with Gasteiger partial charge in [0.05, 0.1) is 12.1 Å². The average Bonchev–Trinajstić information content (AvgIpc) is 2.91. The summed E-state index contributed by atoms with van der Waals surface area (Å²) in [5.74, 6) is 1.43. The van der Waals surface area contributed by atoms with E-state index in [2.05, 4.69) is 109 Å². The van der Waals surface area contributed by atoms with Gasteiger partial charge in [0, 0.05) is 51.4 Å². The van der Waals surface area contributed by atoms with Crippen LogP contribution < -0.4 is 10.6 Å². The van der Waals surface area contributed by atoms with E-state index in [1.807, 2.05) is 0 Å². The number of hydrogen-bond donors (Lipinski definition) is 2. The minimum Gasteiger partial charge on any atom is -0.310 e. The highest BCUT2D eigenvalue weighted by molar-refractivity contribution is 5.88. The zero-order valence-corrected chi connectivity index (χ0v) is 22.7. The average molecular weight is 491 g/mol. The molecule has 2 heterocycles. The number of ketones is 1. The van der Waals surface area contributed by atoms with Crippen LogP contribution in [0.15, 0.2) is 60.7 Å². The summed E-state index contributed by atoms with van der Waals surface area (Å²) < 4.78 is 0.